The number of rotatable bonds is 5. The van der Waals surface area contributed by atoms with E-state index in [1.54, 1.807) is 0 Å². The maximum Gasteiger partial charge on any atom is 0.257 e. The highest BCUT2D eigenvalue weighted by Gasteiger charge is 2.13. The normalized spacial score (nSPS) is 11.5. The molecule has 3 heteroatoms. The van der Waals surface area contributed by atoms with Crippen LogP contribution >= 0.6 is 0 Å². The zero-order valence-electron chi connectivity index (χ0n) is 12.6. The molecular weight excluding hydrogens is 238 g/mol. The van der Waals surface area contributed by atoms with Crippen LogP contribution < -0.4 is 10.1 Å². The van der Waals surface area contributed by atoms with E-state index in [1.165, 1.54) is 5.56 Å². The molecule has 0 unspecified atom stereocenters. The predicted molar refractivity (Wildman–Crippen MR) is 78.5 cm³/mol. The number of ether oxygens (including phenoxy) is 1. The molecule has 0 saturated carbocycles. The maximum absolute atomic E-state index is 11.5. The summed E-state index contributed by atoms with van der Waals surface area (Å²) in [7, 11) is 0. The van der Waals surface area contributed by atoms with Crippen LogP contribution in [0.25, 0.3) is 0 Å². The van der Waals surface area contributed by atoms with Gasteiger partial charge in [0.05, 0.1) is 0 Å². The van der Waals surface area contributed by atoms with E-state index >= 15 is 0 Å². The Hall–Kier alpha value is -1.51. The van der Waals surface area contributed by atoms with Gasteiger partial charge in [-0.05, 0) is 29.0 Å². The number of carbonyl (C=O) groups excluding carboxylic acids is 1. The van der Waals surface area contributed by atoms with Crippen LogP contribution in [-0.2, 0) is 10.2 Å². The first kappa shape index (κ1) is 15.5. The summed E-state index contributed by atoms with van der Waals surface area (Å²) < 4.78 is 5.46. The molecule has 0 heterocycles. The summed E-state index contributed by atoms with van der Waals surface area (Å²) in [4.78, 5) is 11.5. The van der Waals surface area contributed by atoms with Gasteiger partial charge in [0.15, 0.2) is 6.61 Å². The molecular formula is C16H25NO2. The molecule has 1 aromatic carbocycles. The molecule has 0 spiro atoms. The smallest absolute Gasteiger partial charge is 0.257 e. The molecule has 19 heavy (non-hydrogen) atoms. The van der Waals surface area contributed by atoms with Crippen molar-refractivity contribution < 1.29 is 9.53 Å². The molecule has 1 N–H and O–H groups in total. The van der Waals surface area contributed by atoms with Gasteiger partial charge in [0.2, 0.25) is 0 Å². The van der Waals surface area contributed by atoms with Crippen molar-refractivity contribution in [2.45, 2.75) is 40.0 Å². The van der Waals surface area contributed by atoms with Crippen molar-refractivity contribution in [3.05, 3.63) is 29.8 Å². The molecule has 0 aliphatic carbocycles. The first-order valence-corrected chi connectivity index (χ1v) is 6.79. The third kappa shape index (κ3) is 5.77. The molecule has 0 radical (unpaired) electrons. The number of amides is 1. The largest absolute Gasteiger partial charge is 0.484 e. The quantitative estimate of drug-likeness (QED) is 0.886. The first-order chi connectivity index (χ1) is 8.79. The van der Waals surface area contributed by atoms with Gasteiger partial charge in [-0.2, -0.15) is 0 Å². The van der Waals surface area contributed by atoms with E-state index in [9.17, 15) is 4.79 Å². The van der Waals surface area contributed by atoms with Crippen molar-refractivity contribution >= 4 is 5.91 Å². The van der Waals surface area contributed by atoms with Gasteiger partial charge in [0, 0.05) is 6.54 Å². The summed E-state index contributed by atoms with van der Waals surface area (Å²) in [5.74, 6) is 1.11. The van der Waals surface area contributed by atoms with E-state index in [0.29, 0.717) is 12.5 Å². The minimum atomic E-state index is -0.0754. The standard InChI is InChI=1S/C16H25NO2/c1-12(2)10-17-15(18)11-19-14-8-6-13(7-9-14)16(3,4)5/h6-9,12H,10-11H2,1-5H3,(H,17,18). The van der Waals surface area contributed by atoms with E-state index in [0.717, 1.165) is 5.75 Å². The lowest BCUT2D eigenvalue weighted by atomic mass is 9.87. The Bertz CT molecular complexity index is 402. The second-order valence-corrected chi connectivity index (χ2v) is 6.26. The summed E-state index contributed by atoms with van der Waals surface area (Å²) in [6.45, 7) is 11.4. The second-order valence-electron chi connectivity index (χ2n) is 6.26. The molecule has 3 nitrogen and oxygen atoms in total. The summed E-state index contributed by atoms with van der Waals surface area (Å²) in [6, 6.07) is 7.91. The Morgan fingerprint density at radius 3 is 2.26 bits per heavy atom. The molecule has 0 aliphatic heterocycles. The van der Waals surface area contributed by atoms with Gasteiger partial charge in [-0.1, -0.05) is 46.8 Å². The number of hydrogen-bond acceptors (Lipinski definition) is 2. The topological polar surface area (TPSA) is 38.3 Å². The van der Waals surface area contributed by atoms with Crippen LogP contribution in [0.1, 0.15) is 40.2 Å². The molecule has 0 aromatic heterocycles. The zero-order chi connectivity index (χ0) is 14.5. The van der Waals surface area contributed by atoms with Gasteiger partial charge in [0.25, 0.3) is 5.91 Å². The van der Waals surface area contributed by atoms with Gasteiger partial charge in [-0.15, -0.1) is 0 Å². The van der Waals surface area contributed by atoms with Gasteiger partial charge in [0.1, 0.15) is 5.75 Å². The third-order valence-corrected chi connectivity index (χ3v) is 2.80. The lowest BCUT2D eigenvalue weighted by Gasteiger charge is -2.19. The molecule has 0 atom stereocenters. The lowest BCUT2D eigenvalue weighted by molar-refractivity contribution is -0.123. The molecule has 0 bridgehead atoms. The third-order valence-electron chi connectivity index (χ3n) is 2.80. The zero-order valence-corrected chi connectivity index (χ0v) is 12.6. The van der Waals surface area contributed by atoms with Crippen molar-refractivity contribution in [2.75, 3.05) is 13.2 Å². The number of hydrogen-bond donors (Lipinski definition) is 1. The maximum atomic E-state index is 11.5. The summed E-state index contributed by atoms with van der Waals surface area (Å²) >= 11 is 0. The number of carbonyl (C=O) groups is 1. The van der Waals surface area contributed by atoms with Crippen LogP contribution in [0, 0.1) is 5.92 Å². The van der Waals surface area contributed by atoms with Crippen molar-refractivity contribution in [3.63, 3.8) is 0 Å². The van der Waals surface area contributed by atoms with E-state index in [-0.39, 0.29) is 17.9 Å². The molecule has 1 rings (SSSR count). The first-order valence-electron chi connectivity index (χ1n) is 6.79. The Labute approximate surface area is 116 Å². The molecule has 1 amide bonds. The van der Waals surface area contributed by atoms with E-state index < -0.39 is 0 Å². The van der Waals surface area contributed by atoms with Crippen LogP contribution in [0.15, 0.2) is 24.3 Å². The number of benzene rings is 1. The highest BCUT2D eigenvalue weighted by molar-refractivity contribution is 5.77. The fourth-order valence-corrected chi connectivity index (χ4v) is 1.57. The van der Waals surface area contributed by atoms with Crippen LogP contribution in [0.3, 0.4) is 0 Å². The van der Waals surface area contributed by atoms with Crippen molar-refractivity contribution in [1.29, 1.82) is 0 Å². The van der Waals surface area contributed by atoms with Gasteiger partial charge >= 0.3 is 0 Å². The molecule has 1 aromatic rings. The monoisotopic (exact) mass is 263 g/mol. The summed E-state index contributed by atoms with van der Waals surface area (Å²) in [5, 5.41) is 2.82. The van der Waals surface area contributed by atoms with Crippen LogP contribution in [0.2, 0.25) is 0 Å². The van der Waals surface area contributed by atoms with Crippen LogP contribution in [-0.4, -0.2) is 19.1 Å². The van der Waals surface area contributed by atoms with Crippen molar-refractivity contribution in [3.8, 4) is 5.75 Å². The molecule has 0 fully saturated rings. The highest BCUT2D eigenvalue weighted by Crippen LogP contribution is 2.24. The van der Waals surface area contributed by atoms with Gasteiger partial charge < -0.3 is 10.1 Å². The average Bonchev–Trinajstić information content (AvgIpc) is 2.33. The van der Waals surface area contributed by atoms with Gasteiger partial charge in [-0.25, -0.2) is 0 Å². The Morgan fingerprint density at radius 1 is 1.21 bits per heavy atom. The second kappa shape index (κ2) is 6.60. The Kier molecular flexibility index (Phi) is 5.40. The van der Waals surface area contributed by atoms with Crippen LogP contribution in [0.5, 0.6) is 5.75 Å². The highest BCUT2D eigenvalue weighted by atomic mass is 16.5. The van der Waals surface area contributed by atoms with E-state index in [2.05, 4.69) is 39.9 Å². The van der Waals surface area contributed by atoms with Crippen LogP contribution in [0.4, 0.5) is 0 Å². The fraction of sp³-hybridized carbons (Fsp3) is 0.562. The summed E-state index contributed by atoms with van der Waals surface area (Å²) in [5.41, 5.74) is 1.39. The van der Waals surface area contributed by atoms with E-state index in [1.807, 2.05) is 24.3 Å². The number of nitrogens with one attached hydrogen (secondary N) is 1. The minimum Gasteiger partial charge on any atom is -0.484 e. The fourth-order valence-electron chi connectivity index (χ4n) is 1.57. The minimum absolute atomic E-state index is 0.0710. The predicted octanol–water partition coefficient (Wildman–Crippen LogP) is 3.14. The summed E-state index contributed by atoms with van der Waals surface area (Å²) in [6.07, 6.45) is 0. The lowest BCUT2D eigenvalue weighted by Crippen LogP contribution is -2.31. The molecule has 0 saturated heterocycles. The van der Waals surface area contributed by atoms with E-state index in [4.69, 9.17) is 4.74 Å². The molecule has 0 aliphatic rings. The average molecular weight is 263 g/mol. The SMILES string of the molecule is CC(C)CNC(=O)COc1ccc(C(C)(C)C)cc1. The Morgan fingerprint density at radius 2 is 1.79 bits per heavy atom. The van der Waals surface area contributed by atoms with Crippen molar-refractivity contribution in [1.82, 2.24) is 5.32 Å². The Balaban J connectivity index is 2.44. The van der Waals surface area contributed by atoms with Crippen molar-refractivity contribution in [2.24, 2.45) is 5.92 Å². The van der Waals surface area contributed by atoms with Gasteiger partial charge in [-0.3, -0.25) is 4.79 Å². The molecule has 106 valence electrons.